The number of pyridine rings is 1. The minimum atomic E-state index is -0.473. The summed E-state index contributed by atoms with van der Waals surface area (Å²) in [5.74, 6) is 0.233. The fraction of sp³-hybridized carbons (Fsp3) is 0.250. The van der Waals surface area contributed by atoms with Gasteiger partial charge in [0.15, 0.2) is 5.03 Å². The van der Waals surface area contributed by atoms with Crippen LogP contribution in [0.15, 0.2) is 39.2 Å². The molecule has 7 nitrogen and oxygen atoms in total. The minimum absolute atomic E-state index is 0.124. The molecule has 0 unspecified atom stereocenters. The first-order chi connectivity index (χ1) is 10.1. The van der Waals surface area contributed by atoms with Crippen molar-refractivity contribution in [3.8, 4) is 0 Å². The van der Waals surface area contributed by atoms with Gasteiger partial charge in [-0.15, -0.1) is 0 Å². The summed E-state index contributed by atoms with van der Waals surface area (Å²) < 4.78 is 0.842. The number of nitrogens with zero attached hydrogens (tertiary/aromatic N) is 4. The van der Waals surface area contributed by atoms with Crippen molar-refractivity contribution in [1.29, 1.82) is 0 Å². The van der Waals surface area contributed by atoms with Gasteiger partial charge in [-0.3, -0.25) is 10.1 Å². The third-order valence-corrected chi connectivity index (χ3v) is 3.83. The molecule has 0 aliphatic heterocycles. The second-order valence-electron chi connectivity index (χ2n) is 3.98. The van der Waals surface area contributed by atoms with Crippen molar-refractivity contribution in [3.05, 3.63) is 39.2 Å². The van der Waals surface area contributed by atoms with Crippen molar-refractivity contribution < 1.29 is 4.92 Å². The topological polar surface area (TPSA) is 93.8 Å². The van der Waals surface area contributed by atoms with E-state index in [1.165, 1.54) is 6.33 Å². The zero-order chi connectivity index (χ0) is 15.2. The quantitative estimate of drug-likeness (QED) is 0.472. The molecule has 2 aromatic rings. The van der Waals surface area contributed by atoms with Crippen LogP contribution in [0.4, 0.5) is 11.5 Å². The molecule has 0 amide bonds. The smallest absolute Gasteiger partial charge is 0.343 e. The van der Waals surface area contributed by atoms with Crippen molar-refractivity contribution in [2.75, 3.05) is 11.9 Å². The number of rotatable bonds is 6. The highest BCUT2D eigenvalue weighted by molar-refractivity contribution is 9.10. The molecule has 2 aromatic heterocycles. The maximum atomic E-state index is 11.3. The Hall–Kier alpha value is -1.74. The summed E-state index contributed by atoms with van der Waals surface area (Å²) in [6, 6.07) is 3.58. The molecule has 21 heavy (non-hydrogen) atoms. The Balaban J connectivity index is 2.33. The van der Waals surface area contributed by atoms with Crippen LogP contribution in [0.1, 0.15) is 13.3 Å². The first-order valence-corrected chi connectivity index (χ1v) is 7.75. The molecule has 0 aliphatic rings. The first kappa shape index (κ1) is 15.6. The van der Waals surface area contributed by atoms with E-state index in [9.17, 15) is 10.1 Å². The Morgan fingerprint density at radius 3 is 2.81 bits per heavy atom. The molecule has 0 saturated heterocycles. The molecule has 0 aliphatic carbocycles. The lowest BCUT2D eigenvalue weighted by Crippen LogP contribution is -2.07. The van der Waals surface area contributed by atoms with Gasteiger partial charge in [0.25, 0.3) is 0 Å². The van der Waals surface area contributed by atoms with Crippen LogP contribution in [-0.2, 0) is 0 Å². The predicted octanol–water partition coefficient (Wildman–Crippen LogP) is 3.52. The molecule has 0 spiro atoms. The molecule has 0 saturated carbocycles. The van der Waals surface area contributed by atoms with Crippen molar-refractivity contribution in [1.82, 2.24) is 15.0 Å². The lowest BCUT2D eigenvalue weighted by Gasteiger charge is -2.07. The van der Waals surface area contributed by atoms with Gasteiger partial charge >= 0.3 is 5.69 Å². The van der Waals surface area contributed by atoms with Crippen LogP contribution in [0.2, 0.25) is 0 Å². The molecule has 0 fully saturated rings. The summed E-state index contributed by atoms with van der Waals surface area (Å²) in [6.45, 7) is 2.58. The maximum absolute atomic E-state index is 11.3. The fourth-order valence-corrected chi connectivity index (χ4v) is 2.54. The van der Waals surface area contributed by atoms with Crippen LogP contribution in [0.3, 0.4) is 0 Å². The van der Waals surface area contributed by atoms with E-state index in [2.05, 4.69) is 36.2 Å². The van der Waals surface area contributed by atoms with E-state index in [4.69, 9.17) is 0 Å². The number of anilines is 1. The number of halogens is 1. The third-order valence-electron chi connectivity index (χ3n) is 2.42. The normalized spacial score (nSPS) is 10.4. The van der Waals surface area contributed by atoms with Gasteiger partial charge in [0.1, 0.15) is 11.4 Å². The number of aromatic nitrogens is 3. The third kappa shape index (κ3) is 4.11. The highest BCUT2D eigenvalue weighted by Crippen LogP contribution is 2.35. The Morgan fingerprint density at radius 2 is 2.19 bits per heavy atom. The van der Waals surface area contributed by atoms with Gasteiger partial charge in [-0.05, 0) is 46.2 Å². The lowest BCUT2D eigenvalue weighted by atomic mass is 10.4. The van der Waals surface area contributed by atoms with Gasteiger partial charge in [0.05, 0.1) is 4.92 Å². The predicted molar refractivity (Wildman–Crippen MR) is 83.5 cm³/mol. The molecule has 1 N–H and O–H groups in total. The van der Waals surface area contributed by atoms with Crippen LogP contribution < -0.4 is 5.32 Å². The van der Waals surface area contributed by atoms with E-state index in [0.717, 1.165) is 22.7 Å². The molecule has 0 aromatic carbocycles. The molecule has 0 bridgehead atoms. The summed E-state index contributed by atoms with van der Waals surface area (Å²) in [4.78, 5) is 23.0. The van der Waals surface area contributed by atoms with Crippen LogP contribution >= 0.6 is 27.7 Å². The van der Waals surface area contributed by atoms with Gasteiger partial charge in [-0.1, -0.05) is 6.92 Å². The molecule has 110 valence electrons. The molecule has 2 heterocycles. The Morgan fingerprint density at radius 1 is 1.38 bits per heavy atom. The van der Waals surface area contributed by atoms with Crippen LogP contribution in [0, 0.1) is 10.1 Å². The lowest BCUT2D eigenvalue weighted by molar-refractivity contribution is -0.387. The zero-order valence-electron chi connectivity index (χ0n) is 11.1. The molecular weight excluding hydrogens is 358 g/mol. The van der Waals surface area contributed by atoms with Crippen LogP contribution in [-0.4, -0.2) is 26.4 Å². The fourth-order valence-electron chi connectivity index (χ4n) is 1.50. The molecule has 2 rings (SSSR count). The van der Waals surface area contributed by atoms with Crippen molar-refractivity contribution in [2.45, 2.75) is 23.4 Å². The van der Waals surface area contributed by atoms with Crippen LogP contribution in [0.25, 0.3) is 0 Å². The zero-order valence-corrected chi connectivity index (χ0v) is 13.5. The highest BCUT2D eigenvalue weighted by Gasteiger charge is 2.23. The Bertz CT molecular complexity index is 638. The summed E-state index contributed by atoms with van der Waals surface area (Å²) >= 11 is 4.43. The van der Waals surface area contributed by atoms with Crippen LogP contribution in [0.5, 0.6) is 0 Å². The van der Waals surface area contributed by atoms with Gasteiger partial charge in [0, 0.05) is 17.2 Å². The molecule has 0 radical (unpaired) electrons. The van der Waals surface area contributed by atoms with Gasteiger partial charge in [-0.25, -0.2) is 15.0 Å². The second-order valence-corrected chi connectivity index (χ2v) is 5.90. The number of hydrogen-bond donors (Lipinski definition) is 1. The van der Waals surface area contributed by atoms with Crippen molar-refractivity contribution >= 4 is 39.2 Å². The molecule has 0 atom stereocenters. The highest BCUT2D eigenvalue weighted by atomic mass is 79.9. The maximum Gasteiger partial charge on any atom is 0.343 e. The number of hydrogen-bond acceptors (Lipinski definition) is 7. The van der Waals surface area contributed by atoms with Crippen molar-refractivity contribution in [3.63, 3.8) is 0 Å². The summed E-state index contributed by atoms with van der Waals surface area (Å²) in [5, 5.41) is 15.1. The largest absolute Gasteiger partial charge is 0.364 e. The summed E-state index contributed by atoms with van der Waals surface area (Å²) in [5.41, 5.74) is -0.124. The Kier molecular flexibility index (Phi) is 5.45. The van der Waals surface area contributed by atoms with Gasteiger partial charge in [0.2, 0.25) is 5.82 Å². The summed E-state index contributed by atoms with van der Waals surface area (Å²) in [7, 11) is 0. The van der Waals surface area contributed by atoms with Gasteiger partial charge in [-0.2, -0.15) is 0 Å². The van der Waals surface area contributed by atoms with E-state index in [1.54, 1.807) is 12.3 Å². The van der Waals surface area contributed by atoms with E-state index >= 15 is 0 Å². The standard InChI is InChI=1S/C12H12BrN5O2S/c1-2-5-14-11-10(18(19)20)12(17-7-16-11)21-9-4-3-8(13)6-15-9/h3-4,6-7H,2,5H2,1H3,(H,14,16,17). The number of nitrogens with one attached hydrogen (secondary N) is 1. The van der Waals surface area contributed by atoms with Crippen molar-refractivity contribution in [2.24, 2.45) is 0 Å². The average Bonchev–Trinajstić information content (AvgIpc) is 2.47. The molecular formula is C12H12BrN5O2S. The number of nitro groups is 1. The Labute approximate surface area is 133 Å². The van der Waals surface area contributed by atoms with Gasteiger partial charge < -0.3 is 5.32 Å². The second kappa shape index (κ2) is 7.32. The van der Waals surface area contributed by atoms with E-state index in [0.29, 0.717) is 11.6 Å². The monoisotopic (exact) mass is 369 g/mol. The summed E-state index contributed by atoms with van der Waals surface area (Å²) in [6.07, 6.45) is 3.79. The SMILES string of the molecule is CCCNc1ncnc(Sc2ccc(Br)cn2)c1[N+](=O)[O-]. The molecule has 9 heteroatoms. The van der Waals surface area contributed by atoms with E-state index in [-0.39, 0.29) is 16.5 Å². The average molecular weight is 370 g/mol. The van der Waals surface area contributed by atoms with E-state index in [1.807, 2.05) is 13.0 Å². The minimum Gasteiger partial charge on any atom is -0.364 e. The van der Waals surface area contributed by atoms with E-state index < -0.39 is 4.92 Å². The first-order valence-electron chi connectivity index (χ1n) is 6.14.